The first-order chi connectivity index (χ1) is 13.5. The molecule has 2 aliphatic heterocycles. The van der Waals surface area contributed by atoms with Crippen molar-refractivity contribution in [3.63, 3.8) is 0 Å². The highest BCUT2D eigenvalue weighted by molar-refractivity contribution is 7.92. The van der Waals surface area contributed by atoms with Crippen LogP contribution in [0.3, 0.4) is 0 Å². The molecule has 160 valence electrons. The highest BCUT2D eigenvalue weighted by Crippen LogP contribution is 2.45. The number of rotatable bonds is 2. The van der Waals surface area contributed by atoms with Gasteiger partial charge in [-0.15, -0.1) is 11.3 Å². The van der Waals surface area contributed by atoms with Crippen molar-refractivity contribution in [2.24, 2.45) is 10.9 Å². The third-order valence-electron chi connectivity index (χ3n) is 4.71. The van der Waals surface area contributed by atoms with Gasteiger partial charge in [-0.05, 0) is 38.7 Å². The zero-order valence-corrected chi connectivity index (χ0v) is 19.3. The van der Waals surface area contributed by atoms with Gasteiger partial charge in [0.25, 0.3) is 10.0 Å². The molecule has 0 fully saturated rings. The van der Waals surface area contributed by atoms with Gasteiger partial charge in [-0.25, -0.2) is 17.9 Å². The Morgan fingerprint density at radius 3 is 2.66 bits per heavy atom. The molecule has 1 atom stereocenters. The molecule has 3 rings (SSSR count). The summed E-state index contributed by atoms with van der Waals surface area (Å²) in [5.74, 6) is 0.236. The summed E-state index contributed by atoms with van der Waals surface area (Å²) in [5, 5.41) is 3.13. The normalized spacial score (nSPS) is 22.4. The second-order valence-corrected chi connectivity index (χ2v) is 11.1. The van der Waals surface area contributed by atoms with Crippen LogP contribution in [0, 0.1) is 5.92 Å². The van der Waals surface area contributed by atoms with E-state index in [0.29, 0.717) is 25.2 Å². The molecule has 2 N–H and O–H groups in total. The molecule has 0 bridgehead atoms. The first-order valence-corrected chi connectivity index (χ1v) is 11.9. The Labute approximate surface area is 176 Å². The van der Waals surface area contributed by atoms with Gasteiger partial charge in [-0.2, -0.15) is 0 Å². The molecule has 1 aromatic rings. The predicted octanol–water partition coefficient (Wildman–Crippen LogP) is 3.27. The molecular weight excluding hydrogens is 412 g/mol. The summed E-state index contributed by atoms with van der Waals surface area (Å²) in [5.41, 5.74) is 1.98. The van der Waals surface area contributed by atoms with Crippen LogP contribution in [0.1, 0.15) is 45.1 Å². The molecule has 8 nitrogen and oxygen atoms in total. The number of nitrogens with one attached hydrogen (secondary N) is 2. The Balaban J connectivity index is 2.00. The van der Waals surface area contributed by atoms with Crippen molar-refractivity contribution in [1.82, 2.24) is 9.62 Å². The van der Waals surface area contributed by atoms with Gasteiger partial charge < -0.3 is 15.0 Å². The Kier molecular flexibility index (Phi) is 5.70. The van der Waals surface area contributed by atoms with Crippen molar-refractivity contribution >= 4 is 44.7 Å². The van der Waals surface area contributed by atoms with Crippen LogP contribution in [-0.4, -0.2) is 51.1 Å². The van der Waals surface area contributed by atoms with Gasteiger partial charge in [0, 0.05) is 30.6 Å². The number of aryl methyl sites for hydroxylation is 1. The molecule has 0 spiro atoms. The second-order valence-electron chi connectivity index (χ2n) is 8.16. The topological polar surface area (TPSA) is 100 Å². The Morgan fingerprint density at radius 2 is 2.10 bits per heavy atom. The van der Waals surface area contributed by atoms with E-state index >= 15 is 0 Å². The van der Waals surface area contributed by atoms with E-state index in [1.54, 1.807) is 4.90 Å². The molecule has 1 aromatic heterocycles. The first kappa shape index (κ1) is 21.6. The number of carbonyl (C=O) groups excluding carboxylic acids is 1. The SMILES string of the molecule is CCc1sc2c(c1C1=CCN(C(=O)OC(C)(C)C)CC1C)NC(=NC)NS2(=O)=O. The third-order valence-corrected chi connectivity index (χ3v) is 7.90. The van der Waals surface area contributed by atoms with Crippen molar-refractivity contribution in [3.05, 3.63) is 16.5 Å². The summed E-state index contributed by atoms with van der Waals surface area (Å²) in [7, 11) is -2.12. The molecule has 0 saturated carbocycles. The molecule has 3 heterocycles. The molecule has 2 aliphatic rings. The molecule has 10 heteroatoms. The molecule has 0 aliphatic carbocycles. The van der Waals surface area contributed by atoms with E-state index in [4.69, 9.17) is 4.74 Å². The number of amides is 1. The number of fused-ring (bicyclic) bond motifs is 1. The highest BCUT2D eigenvalue weighted by Gasteiger charge is 2.36. The van der Waals surface area contributed by atoms with Gasteiger partial charge in [-0.1, -0.05) is 19.9 Å². The third kappa shape index (κ3) is 4.28. The van der Waals surface area contributed by atoms with E-state index in [1.807, 2.05) is 40.7 Å². The van der Waals surface area contributed by atoms with Gasteiger partial charge in [-0.3, -0.25) is 4.99 Å². The van der Waals surface area contributed by atoms with Crippen molar-refractivity contribution in [2.45, 2.75) is 50.8 Å². The van der Waals surface area contributed by atoms with E-state index < -0.39 is 15.6 Å². The minimum absolute atomic E-state index is 0.0293. The largest absolute Gasteiger partial charge is 0.444 e. The van der Waals surface area contributed by atoms with Crippen LogP contribution in [-0.2, 0) is 21.2 Å². The van der Waals surface area contributed by atoms with Crippen molar-refractivity contribution in [1.29, 1.82) is 0 Å². The fourth-order valence-corrected chi connectivity index (χ4v) is 6.19. The van der Waals surface area contributed by atoms with E-state index in [9.17, 15) is 13.2 Å². The molecule has 0 radical (unpaired) electrons. The average molecular weight is 441 g/mol. The molecule has 1 unspecified atom stereocenters. The summed E-state index contributed by atoms with van der Waals surface area (Å²) in [4.78, 5) is 19.1. The molecule has 1 amide bonds. The number of hydrogen-bond acceptors (Lipinski definition) is 6. The van der Waals surface area contributed by atoms with Crippen LogP contribution in [0.25, 0.3) is 5.57 Å². The summed E-state index contributed by atoms with van der Waals surface area (Å²) in [6, 6.07) is 0. The van der Waals surface area contributed by atoms with E-state index in [0.717, 1.165) is 16.0 Å². The Hall–Kier alpha value is -2.07. The smallest absolute Gasteiger partial charge is 0.410 e. The van der Waals surface area contributed by atoms with E-state index in [1.165, 1.54) is 18.4 Å². The fraction of sp³-hybridized carbons (Fsp3) is 0.579. The Bertz CT molecular complexity index is 987. The fourth-order valence-electron chi connectivity index (χ4n) is 3.47. The summed E-state index contributed by atoms with van der Waals surface area (Å²) >= 11 is 1.28. The monoisotopic (exact) mass is 440 g/mol. The van der Waals surface area contributed by atoms with Crippen LogP contribution < -0.4 is 10.0 Å². The van der Waals surface area contributed by atoms with E-state index in [2.05, 4.69) is 15.0 Å². The lowest BCUT2D eigenvalue weighted by molar-refractivity contribution is 0.0252. The van der Waals surface area contributed by atoms with Crippen molar-refractivity contribution in [2.75, 3.05) is 25.5 Å². The number of guanidine groups is 1. The summed E-state index contributed by atoms with van der Waals surface area (Å²) < 4.78 is 33.5. The first-order valence-electron chi connectivity index (χ1n) is 9.57. The van der Waals surface area contributed by atoms with Crippen LogP contribution in [0.4, 0.5) is 10.5 Å². The van der Waals surface area contributed by atoms with Gasteiger partial charge in [0.15, 0.2) is 4.21 Å². The van der Waals surface area contributed by atoms with Gasteiger partial charge in [0.2, 0.25) is 5.96 Å². The Morgan fingerprint density at radius 1 is 1.41 bits per heavy atom. The van der Waals surface area contributed by atoms with Crippen LogP contribution in [0.2, 0.25) is 0 Å². The quantitative estimate of drug-likeness (QED) is 0.735. The standard InChI is InChI=1S/C19H28N4O4S2/c1-7-13-14(15-16(28-13)29(25,26)22-17(20-6)21-15)12-8-9-23(10-11(12)2)18(24)27-19(3,4)5/h8,11H,7,9-10H2,1-6H3,(H2,20,21,22). The predicted molar refractivity (Wildman–Crippen MR) is 116 cm³/mol. The summed E-state index contributed by atoms with van der Waals surface area (Å²) in [6.07, 6.45) is 2.37. The number of nitrogens with zero attached hydrogens (tertiary/aromatic N) is 2. The number of aliphatic imine (C=N–C) groups is 1. The number of sulfonamides is 1. The lowest BCUT2D eigenvalue weighted by atomic mass is 9.89. The zero-order chi connectivity index (χ0) is 21.6. The average Bonchev–Trinajstić information content (AvgIpc) is 2.99. The minimum Gasteiger partial charge on any atom is -0.444 e. The number of thiophene rings is 1. The van der Waals surface area contributed by atoms with E-state index in [-0.39, 0.29) is 22.2 Å². The van der Waals surface area contributed by atoms with Gasteiger partial charge >= 0.3 is 6.09 Å². The highest BCUT2D eigenvalue weighted by atomic mass is 32.2. The lowest BCUT2D eigenvalue weighted by Crippen LogP contribution is -2.42. The van der Waals surface area contributed by atoms with Gasteiger partial charge in [0.05, 0.1) is 5.69 Å². The van der Waals surface area contributed by atoms with Crippen LogP contribution >= 0.6 is 11.3 Å². The molecule has 29 heavy (non-hydrogen) atoms. The van der Waals surface area contributed by atoms with Crippen LogP contribution in [0.5, 0.6) is 0 Å². The van der Waals surface area contributed by atoms with Gasteiger partial charge in [0.1, 0.15) is 5.60 Å². The molecule has 0 saturated heterocycles. The maximum atomic E-state index is 12.7. The van der Waals surface area contributed by atoms with Crippen molar-refractivity contribution < 1.29 is 17.9 Å². The number of anilines is 1. The maximum absolute atomic E-state index is 12.7. The summed E-state index contributed by atoms with van der Waals surface area (Å²) in [6.45, 7) is 10.5. The number of carbonyl (C=O) groups is 1. The second kappa shape index (κ2) is 7.64. The zero-order valence-electron chi connectivity index (χ0n) is 17.6. The molecular formula is C19H28N4O4S2. The van der Waals surface area contributed by atoms with Crippen LogP contribution in [0.15, 0.2) is 15.3 Å². The maximum Gasteiger partial charge on any atom is 0.410 e. The minimum atomic E-state index is -3.65. The lowest BCUT2D eigenvalue weighted by Gasteiger charge is -2.33. The van der Waals surface area contributed by atoms with Crippen molar-refractivity contribution in [3.8, 4) is 0 Å². The molecule has 0 aromatic carbocycles. The number of ether oxygens (including phenoxy) is 1. The number of hydrogen-bond donors (Lipinski definition) is 2.